The Bertz CT molecular complexity index is 398. The molecule has 98 valence electrons. The van der Waals surface area contributed by atoms with Gasteiger partial charge in [0.05, 0.1) is 11.8 Å². The van der Waals surface area contributed by atoms with E-state index in [0.29, 0.717) is 19.3 Å². The number of Topliss-reactive ketones (excluding diaryl/α,β-unsaturated/α-hetero) is 1. The first kappa shape index (κ1) is 11.9. The summed E-state index contributed by atoms with van der Waals surface area (Å²) in [6, 6.07) is 0.111. The average Bonchev–Trinajstić information content (AvgIpc) is 2.63. The van der Waals surface area contributed by atoms with Crippen molar-refractivity contribution >= 4 is 17.6 Å². The van der Waals surface area contributed by atoms with Crippen molar-refractivity contribution in [2.75, 3.05) is 0 Å². The topological polar surface area (TPSA) is 54.5 Å². The number of carbonyl (C=O) groups excluding carboxylic acids is 3. The molecule has 2 aliphatic carbocycles. The fourth-order valence-corrected chi connectivity index (χ4v) is 3.73. The van der Waals surface area contributed by atoms with Crippen LogP contribution in [0.3, 0.4) is 0 Å². The van der Waals surface area contributed by atoms with Gasteiger partial charge >= 0.3 is 0 Å². The minimum absolute atomic E-state index is 0.00407. The molecule has 0 aromatic carbocycles. The van der Waals surface area contributed by atoms with Crippen LogP contribution in [0.25, 0.3) is 0 Å². The van der Waals surface area contributed by atoms with Crippen LogP contribution in [0.15, 0.2) is 0 Å². The van der Waals surface area contributed by atoms with Gasteiger partial charge in [-0.3, -0.25) is 19.3 Å². The minimum atomic E-state index is -0.333. The molecule has 0 spiro atoms. The number of hydrogen-bond acceptors (Lipinski definition) is 3. The summed E-state index contributed by atoms with van der Waals surface area (Å²) < 4.78 is 0. The van der Waals surface area contributed by atoms with Gasteiger partial charge in [-0.25, -0.2) is 0 Å². The fraction of sp³-hybridized carbons (Fsp3) is 0.786. The largest absolute Gasteiger partial charge is 0.300 e. The highest BCUT2D eigenvalue weighted by Gasteiger charge is 2.51. The summed E-state index contributed by atoms with van der Waals surface area (Å²) in [7, 11) is 0. The Kier molecular flexibility index (Phi) is 2.96. The smallest absolute Gasteiger partial charge is 0.233 e. The van der Waals surface area contributed by atoms with Crippen LogP contribution in [0.1, 0.15) is 51.4 Å². The SMILES string of the molecule is O=C1CC[C@@H]2C(=O)N(C3CCCCC3)C(=O)[C@@H]2C1. The van der Waals surface area contributed by atoms with Gasteiger partial charge in [0.25, 0.3) is 0 Å². The number of imide groups is 1. The van der Waals surface area contributed by atoms with E-state index >= 15 is 0 Å². The lowest BCUT2D eigenvalue weighted by Gasteiger charge is -2.29. The van der Waals surface area contributed by atoms with Crippen LogP contribution >= 0.6 is 0 Å². The molecular formula is C14H19NO3. The summed E-state index contributed by atoms with van der Waals surface area (Å²) in [5.41, 5.74) is 0. The first-order valence-electron chi connectivity index (χ1n) is 7.07. The van der Waals surface area contributed by atoms with Gasteiger partial charge in [0, 0.05) is 18.9 Å². The Balaban J connectivity index is 1.81. The lowest BCUT2D eigenvalue weighted by molar-refractivity contribution is -0.143. The number of fused-ring (bicyclic) bond motifs is 1. The quantitative estimate of drug-likeness (QED) is 0.664. The molecule has 4 nitrogen and oxygen atoms in total. The van der Waals surface area contributed by atoms with E-state index in [-0.39, 0.29) is 35.5 Å². The van der Waals surface area contributed by atoms with Crippen molar-refractivity contribution in [3.63, 3.8) is 0 Å². The van der Waals surface area contributed by atoms with Gasteiger partial charge in [-0.2, -0.15) is 0 Å². The second-order valence-corrected chi connectivity index (χ2v) is 5.83. The van der Waals surface area contributed by atoms with E-state index in [4.69, 9.17) is 0 Å². The molecule has 0 aromatic rings. The predicted octanol–water partition coefficient (Wildman–Crippen LogP) is 1.67. The number of amides is 2. The zero-order chi connectivity index (χ0) is 12.7. The number of hydrogen-bond donors (Lipinski definition) is 0. The summed E-state index contributed by atoms with van der Waals surface area (Å²) in [6.07, 6.45) is 6.66. The molecule has 1 saturated heterocycles. The average molecular weight is 249 g/mol. The molecular weight excluding hydrogens is 230 g/mol. The van der Waals surface area contributed by atoms with E-state index in [0.717, 1.165) is 25.7 Å². The van der Waals surface area contributed by atoms with E-state index in [1.54, 1.807) is 0 Å². The number of rotatable bonds is 1. The van der Waals surface area contributed by atoms with Gasteiger partial charge in [0.15, 0.2) is 0 Å². The van der Waals surface area contributed by atoms with E-state index in [1.165, 1.54) is 11.3 Å². The molecule has 4 heteroatoms. The third kappa shape index (κ3) is 1.78. The fourth-order valence-electron chi connectivity index (χ4n) is 3.73. The van der Waals surface area contributed by atoms with Crippen LogP contribution in [0.4, 0.5) is 0 Å². The van der Waals surface area contributed by atoms with Crippen molar-refractivity contribution in [1.29, 1.82) is 0 Å². The number of likely N-dealkylation sites (tertiary alicyclic amines) is 1. The van der Waals surface area contributed by atoms with Gasteiger partial charge in [-0.15, -0.1) is 0 Å². The second kappa shape index (κ2) is 4.48. The monoisotopic (exact) mass is 249 g/mol. The van der Waals surface area contributed by atoms with Gasteiger partial charge < -0.3 is 0 Å². The summed E-state index contributed by atoms with van der Waals surface area (Å²) >= 11 is 0. The van der Waals surface area contributed by atoms with Gasteiger partial charge in [0.1, 0.15) is 5.78 Å². The molecule has 0 radical (unpaired) electrons. The second-order valence-electron chi connectivity index (χ2n) is 5.83. The van der Waals surface area contributed by atoms with Crippen LogP contribution in [-0.2, 0) is 14.4 Å². The van der Waals surface area contributed by atoms with Crippen LogP contribution < -0.4 is 0 Å². The van der Waals surface area contributed by atoms with E-state index in [1.807, 2.05) is 0 Å². The first-order valence-corrected chi connectivity index (χ1v) is 7.07. The standard InChI is InChI=1S/C14H19NO3/c16-10-6-7-11-12(8-10)14(18)15(13(11)17)9-4-2-1-3-5-9/h9,11-12H,1-8H2/t11-,12+/m0/s1. The van der Waals surface area contributed by atoms with Crippen molar-refractivity contribution < 1.29 is 14.4 Å². The zero-order valence-electron chi connectivity index (χ0n) is 10.6. The molecule has 18 heavy (non-hydrogen) atoms. The van der Waals surface area contributed by atoms with Gasteiger partial charge in [0.2, 0.25) is 11.8 Å². The number of nitrogens with zero attached hydrogens (tertiary/aromatic N) is 1. The van der Waals surface area contributed by atoms with E-state index in [2.05, 4.69) is 0 Å². The number of ketones is 1. The summed E-state index contributed by atoms with van der Waals surface area (Å²) in [5.74, 6) is -0.449. The van der Waals surface area contributed by atoms with Crippen molar-refractivity contribution in [2.24, 2.45) is 11.8 Å². The molecule has 0 N–H and O–H groups in total. The molecule has 2 amide bonds. The molecule has 2 atom stereocenters. The molecule has 3 rings (SSSR count). The van der Waals surface area contributed by atoms with E-state index < -0.39 is 0 Å². The lowest BCUT2D eigenvalue weighted by Crippen LogP contribution is -2.41. The first-order chi connectivity index (χ1) is 8.68. The summed E-state index contributed by atoms with van der Waals surface area (Å²) in [6.45, 7) is 0. The van der Waals surface area contributed by atoms with Crippen molar-refractivity contribution in [3.8, 4) is 0 Å². The van der Waals surface area contributed by atoms with Gasteiger partial charge in [-0.1, -0.05) is 19.3 Å². The Morgan fingerprint density at radius 3 is 2.22 bits per heavy atom. The maximum absolute atomic E-state index is 12.3. The maximum Gasteiger partial charge on any atom is 0.233 e. The van der Waals surface area contributed by atoms with Crippen molar-refractivity contribution in [2.45, 2.75) is 57.4 Å². The Morgan fingerprint density at radius 1 is 0.833 bits per heavy atom. The summed E-state index contributed by atoms with van der Waals surface area (Å²) in [5, 5.41) is 0. The van der Waals surface area contributed by atoms with E-state index in [9.17, 15) is 14.4 Å². The molecule has 0 aromatic heterocycles. The Morgan fingerprint density at radius 2 is 1.50 bits per heavy atom. The van der Waals surface area contributed by atoms with Crippen LogP contribution in [0.2, 0.25) is 0 Å². The van der Waals surface area contributed by atoms with Gasteiger partial charge in [-0.05, 0) is 19.3 Å². The molecule has 0 unspecified atom stereocenters. The van der Waals surface area contributed by atoms with Crippen molar-refractivity contribution in [1.82, 2.24) is 4.90 Å². The highest BCUT2D eigenvalue weighted by molar-refractivity contribution is 6.07. The highest BCUT2D eigenvalue weighted by Crippen LogP contribution is 2.39. The maximum atomic E-state index is 12.3. The normalized spacial score (nSPS) is 34.0. The highest BCUT2D eigenvalue weighted by atomic mass is 16.2. The minimum Gasteiger partial charge on any atom is -0.300 e. The predicted molar refractivity (Wildman–Crippen MR) is 64.6 cm³/mol. The Labute approximate surface area is 107 Å². The lowest BCUT2D eigenvalue weighted by atomic mass is 9.80. The third-order valence-electron chi connectivity index (χ3n) is 4.72. The number of carbonyl (C=O) groups is 3. The molecule has 0 bridgehead atoms. The van der Waals surface area contributed by atoms with Crippen LogP contribution in [-0.4, -0.2) is 28.5 Å². The zero-order valence-corrected chi connectivity index (χ0v) is 10.6. The summed E-state index contributed by atoms with van der Waals surface area (Å²) in [4.78, 5) is 37.7. The molecule has 3 aliphatic rings. The van der Waals surface area contributed by atoms with Crippen LogP contribution in [0.5, 0.6) is 0 Å². The third-order valence-corrected chi connectivity index (χ3v) is 4.72. The van der Waals surface area contributed by atoms with Crippen molar-refractivity contribution in [3.05, 3.63) is 0 Å². The molecule has 1 heterocycles. The molecule has 3 fully saturated rings. The molecule has 1 aliphatic heterocycles. The molecule has 2 saturated carbocycles. The Hall–Kier alpha value is -1.19. The van der Waals surface area contributed by atoms with Crippen LogP contribution in [0, 0.1) is 11.8 Å².